The lowest BCUT2D eigenvalue weighted by atomic mass is 9.90. The molecule has 9 heteroatoms. The Bertz CT molecular complexity index is 1530. The Morgan fingerprint density at radius 3 is 2.73 bits per heavy atom. The predicted octanol–water partition coefficient (Wildman–Crippen LogP) is 5.67. The van der Waals surface area contributed by atoms with Gasteiger partial charge in [0.2, 0.25) is 0 Å². The molecule has 0 saturated carbocycles. The Kier molecular flexibility index (Phi) is 6.14. The van der Waals surface area contributed by atoms with Crippen LogP contribution in [0.1, 0.15) is 59.9 Å². The zero-order valence-electron chi connectivity index (χ0n) is 22.9. The number of carbonyl (C=O) groups is 1. The number of nitrogens with one attached hydrogen (secondary N) is 2. The van der Waals surface area contributed by atoms with E-state index in [4.69, 9.17) is 0 Å². The zero-order chi connectivity index (χ0) is 27.5. The van der Waals surface area contributed by atoms with Gasteiger partial charge >= 0.3 is 6.03 Å². The zero-order valence-corrected chi connectivity index (χ0v) is 22.9. The molecule has 2 aromatic carbocycles. The summed E-state index contributed by atoms with van der Waals surface area (Å²) in [4.78, 5) is 16.7. The van der Waals surface area contributed by atoms with Crippen LogP contribution in [-0.2, 0) is 26.6 Å². The topological polar surface area (TPSA) is 65.4 Å². The summed E-state index contributed by atoms with van der Waals surface area (Å²) in [6.45, 7) is 1.78. The van der Waals surface area contributed by atoms with Crippen molar-refractivity contribution < 1.29 is 13.6 Å². The predicted molar refractivity (Wildman–Crippen MR) is 152 cm³/mol. The van der Waals surface area contributed by atoms with Crippen molar-refractivity contribution in [3.63, 3.8) is 0 Å². The fourth-order valence-corrected chi connectivity index (χ4v) is 7.04. The second-order valence-corrected chi connectivity index (χ2v) is 11.5. The normalized spacial score (nSPS) is 21.5. The van der Waals surface area contributed by atoms with E-state index in [2.05, 4.69) is 38.8 Å². The van der Waals surface area contributed by atoms with Crippen molar-refractivity contribution in [2.75, 3.05) is 18.5 Å². The molecule has 0 aliphatic carbocycles. The highest BCUT2D eigenvalue weighted by atomic mass is 19.3. The molecule has 208 valence electrons. The molecule has 1 fully saturated rings. The van der Waals surface area contributed by atoms with Gasteiger partial charge in [0.05, 0.1) is 12.7 Å². The van der Waals surface area contributed by atoms with Gasteiger partial charge in [-0.15, -0.1) is 0 Å². The fraction of sp³-hybridized carbons (Fsp3) is 0.419. The number of aryl methyl sites for hydroxylation is 2. The summed E-state index contributed by atoms with van der Waals surface area (Å²) in [6.07, 6.45) is 8.26. The first-order valence-corrected chi connectivity index (χ1v) is 14.2. The Morgan fingerprint density at radius 1 is 1.10 bits per heavy atom. The van der Waals surface area contributed by atoms with Gasteiger partial charge in [0.1, 0.15) is 0 Å². The molecular weight excluding hydrogens is 510 g/mol. The number of amides is 2. The van der Waals surface area contributed by atoms with E-state index in [1.807, 2.05) is 11.0 Å². The molecule has 3 aromatic rings. The third-order valence-electron chi connectivity index (χ3n) is 8.96. The maximum atomic E-state index is 14.5. The summed E-state index contributed by atoms with van der Waals surface area (Å²) < 4.78 is 30.6. The number of aromatic nitrogens is 2. The third kappa shape index (κ3) is 4.27. The number of rotatable bonds is 4. The minimum atomic E-state index is -2.61. The number of hydrogen-bond acceptors (Lipinski definition) is 4. The summed E-state index contributed by atoms with van der Waals surface area (Å²) in [5, 5.41) is 10.7. The van der Waals surface area contributed by atoms with Crippen LogP contribution in [0.4, 0.5) is 25.0 Å². The van der Waals surface area contributed by atoms with Gasteiger partial charge in [0, 0.05) is 73.5 Å². The average Bonchev–Trinajstić information content (AvgIpc) is 3.68. The van der Waals surface area contributed by atoms with Gasteiger partial charge < -0.3 is 20.4 Å². The molecule has 5 heterocycles. The lowest BCUT2D eigenvalue weighted by molar-refractivity contribution is 0.152. The van der Waals surface area contributed by atoms with Gasteiger partial charge in [-0.05, 0) is 84.2 Å². The van der Waals surface area contributed by atoms with Crippen LogP contribution in [0.2, 0.25) is 0 Å². The number of carbonyl (C=O) groups excluding carboxylic acids is 1. The van der Waals surface area contributed by atoms with Crippen molar-refractivity contribution in [1.82, 2.24) is 25.3 Å². The van der Waals surface area contributed by atoms with Crippen LogP contribution in [0.25, 0.3) is 16.7 Å². The molecule has 1 saturated heterocycles. The lowest BCUT2D eigenvalue weighted by Crippen LogP contribution is -2.34. The van der Waals surface area contributed by atoms with Crippen molar-refractivity contribution in [1.29, 1.82) is 0 Å². The molecule has 2 amide bonds. The first kappa shape index (κ1) is 25.3. The van der Waals surface area contributed by atoms with E-state index in [-0.39, 0.29) is 11.6 Å². The third-order valence-corrected chi connectivity index (χ3v) is 8.96. The van der Waals surface area contributed by atoms with Crippen LogP contribution >= 0.6 is 0 Å². The number of alkyl halides is 2. The van der Waals surface area contributed by atoms with Crippen LogP contribution in [0.5, 0.6) is 0 Å². The summed E-state index contributed by atoms with van der Waals surface area (Å²) in [5.41, 5.74) is 8.96. The van der Waals surface area contributed by atoms with Gasteiger partial charge in [0.25, 0.3) is 6.43 Å². The minimum Gasteiger partial charge on any atom is -0.341 e. The quantitative estimate of drug-likeness (QED) is 0.444. The SMILES string of the molecule is CNC(=O)N1Cc2cc(C3=CC4CCC(C3)N4)cc(N3CCCc4cc(-c5cnn(C)c5)c(C(F)F)cc43)c2C1. The lowest BCUT2D eigenvalue weighted by Gasteiger charge is -2.34. The molecule has 7 nitrogen and oxygen atoms in total. The summed E-state index contributed by atoms with van der Waals surface area (Å²) in [5.74, 6) is 0. The molecule has 2 unspecified atom stereocenters. The van der Waals surface area contributed by atoms with Gasteiger partial charge in [0.15, 0.2) is 0 Å². The molecule has 0 spiro atoms. The van der Waals surface area contributed by atoms with E-state index in [1.165, 1.54) is 17.6 Å². The molecule has 2 bridgehead atoms. The van der Waals surface area contributed by atoms with Crippen molar-refractivity contribution >= 4 is 23.0 Å². The van der Waals surface area contributed by atoms with Gasteiger partial charge in [-0.3, -0.25) is 4.68 Å². The van der Waals surface area contributed by atoms with E-state index in [9.17, 15) is 13.6 Å². The Hall–Kier alpha value is -3.72. The highest BCUT2D eigenvalue weighted by Crippen LogP contribution is 2.45. The first-order chi connectivity index (χ1) is 19.4. The number of fused-ring (bicyclic) bond motifs is 4. The van der Waals surface area contributed by atoms with Crippen LogP contribution in [0, 0.1) is 0 Å². The Morgan fingerprint density at radius 2 is 1.98 bits per heavy atom. The van der Waals surface area contributed by atoms with Gasteiger partial charge in [-0.2, -0.15) is 5.10 Å². The second kappa shape index (κ2) is 9.73. The molecule has 1 aromatic heterocycles. The summed E-state index contributed by atoms with van der Waals surface area (Å²) in [6, 6.07) is 8.92. The van der Waals surface area contributed by atoms with E-state index in [0.717, 1.165) is 60.3 Å². The van der Waals surface area contributed by atoms with Crippen molar-refractivity contribution in [3.8, 4) is 11.1 Å². The van der Waals surface area contributed by atoms with E-state index in [1.54, 1.807) is 37.2 Å². The van der Waals surface area contributed by atoms with Gasteiger partial charge in [-0.1, -0.05) is 6.08 Å². The maximum Gasteiger partial charge on any atom is 0.317 e. The molecule has 2 N–H and O–H groups in total. The number of halogens is 2. The molecular formula is C31H34F2N6O. The van der Waals surface area contributed by atoms with Crippen LogP contribution in [-0.4, -0.2) is 46.4 Å². The maximum absolute atomic E-state index is 14.5. The molecule has 7 rings (SSSR count). The second-order valence-electron chi connectivity index (χ2n) is 11.5. The minimum absolute atomic E-state index is 0.0241. The summed E-state index contributed by atoms with van der Waals surface area (Å²) >= 11 is 0. The molecule has 2 atom stereocenters. The Labute approximate surface area is 232 Å². The Balaban J connectivity index is 1.36. The van der Waals surface area contributed by atoms with Crippen molar-refractivity contribution in [2.24, 2.45) is 7.05 Å². The van der Waals surface area contributed by atoms with Gasteiger partial charge in [-0.25, -0.2) is 13.6 Å². The smallest absolute Gasteiger partial charge is 0.317 e. The van der Waals surface area contributed by atoms with Crippen LogP contribution in [0.15, 0.2) is 42.7 Å². The fourth-order valence-electron chi connectivity index (χ4n) is 7.04. The average molecular weight is 545 g/mol. The van der Waals surface area contributed by atoms with E-state index >= 15 is 0 Å². The number of hydrogen-bond donors (Lipinski definition) is 2. The van der Waals surface area contributed by atoms with Crippen molar-refractivity contribution in [2.45, 2.75) is 63.7 Å². The summed E-state index contributed by atoms with van der Waals surface area (Å²) in [7, 11) is 3.45. The molecule has 4 aliphatic heterocycles. The van der Waals surface area contributed by atoms with Crippen LogP contribution < -0.4 is 15.5 Å². The number of anilines is 2. The van der Waals surface area contributed by atoms with E-state index in [0.29, 0.717) is 36.3 Å². The monoisotopic (exact) mass is 544 g/mol. The highest BCUT2D eigenvalue weighted by molar-refractivity contribution is 5.82. The highest BCUT2D eigenvalue weighted by Gasteiger charge is 2.33. The first-order valence-electron chi connectivity index (χ1n) is 14.2. The molecule has 40 heavy (non-hydrogen) atoms. The largest absolute Gasteiger partial charge is 0.341 e. The van der Waals surface area contributed by atoms with Crippen LogP contribution in [0.3, 0.4) is 0 Å². The van der Waals surface area contributed by atoms with Crippen molar-refractivity contribution in [3.05, 3.63) is 70.6 Å². The molecule has 4 aliphatic rings. The standard InChI is InChI=1S/C31H34F2N6O/c1-34-31(40)38-16-21-8-19(20-9-23-5-6-24(10-20)36-23)12-29(27(21)17-38)39-7-3-4-18-11-25(22-14-35-37(2)15-22)26(30(32)33)13-28(18)39/h8-9,11-15,23-24,30,36H,3-7,10,16-17H2,1-2H3,(H,34,40). The molecule has 0 radical (unpaired) electrons. The van der Waals surface area contributed by atoms with E-state index < -0.39 is 6.43 Å². The number of nitrogens with zero attached hydrogens (tertiary/aromatic N) is 4. The number of benzene rings is 2. The number of urea groups is 1.